The van der Waals surface area contributed by atoms with Gasteiger partial charge in [0.15, 0.2) is 0 Å². The lowest BCUT2D eigenvalue weighted by molar-refractivity contribution is 0.623. The number of nitrogens with zero attached hydrogens (tertiary/aromatic N) is 2. The van der Waals surface area contributed by atoms with Crippen molar-refractivity contribution < 1.29 is 8.78 Å². The highest BCUT2D eigenvalue weighted by molar-refractivity contribution is 5.73. The van der Waals surface area contributed by atoms with Gasteiger partial charge in [0.25, 0.3) is 0 Å². The van der Waals surface area contributed by atoms with Gasteiger partial charge in [-0.2, -0.15) is 10.5 Å². The first-order valence-electron chi connectivity index (χ1n) is 5.06. The van der Waals surface area contributed by atoms with Gasteiger partial charge in [0, 0.05) is 5.56 Å². The monoisotopic (exact) mass is 240 g/mol. The van der Waals surface area contributed by atoms with E-state index in [0.717, 1.165) is 6.07 Å². The van der Waals surface area contributed by atoms with Crippen molar-refractivity contribution in [3.05, 3.63) is 59.2 Å². The second-order valence-electron chi connectivity index (χ2n) is 3.58. The first-order valence-corrected chi connectivity index (χ1v) is 5.06. The average molecular weight is 240 g/mol. The van der Waals surface area contributed by atoms with Crippen LogP contribution in [0.15, 0.2) is 36.4 Å². The Morgan fingerprint density at radius 2 is 1.39 bits per heavy atom. The van der Waals surface area contributed by atoms with Crippen molar-refractivity contribution in [2.45, 2.75) is 0 Å². The standard InChI is InChI=1S/C14H6F2N2/c15-10-3-1-9(2-4-10)11-5-6-14(16)13(8-18)12(11)7-17/h1-6H. The Labute approximate surface area is 102 Å². The number of hydrogen-bond donors (Lipinski definition) is 0. The summed E-state index contributed by atoms with van der Waals surface area (Å²) in [5.41, 5.74) is 0.642. The van der Waals surface area contributed by atoms with Crippen LogP contribution in [0.5, 0.6) is 0 Å². The van der Waals surface area contributed by atoms with Crippen LogP contribution in [0.3, 0.4) is 0 Å². The molecule has 2 rings (SSSR count). The third kappa shape index (κ3) is 1.92. The molecule has 2 aromatic carbocycles. The molecule has 0 unspecified atom stereocenters. The molecule has 0 aliphatic rings. The predicted octanol–water partition coefficient (Wildman–Crippen LogP) is 3.38. The fraction of sp³-hybridized carbons (Fsp3) is 0. The van der Waals surface area contributed by atoms with E-state index in [1.54, 1.807) is 6.07 Å². The Morgan fingerprint density at radius 1 is 0.778 bits per heavy atom. The summed E-state index contributed by atoms with van der Waals surface area (Å²) in [7, 11) is 0. The van der Waals surface area contributed by atoms with Crippen molar-refractivity contribution in [1.82, 2.24) is 0 Å². The molecule has 0 aliphatic heterocycles. The van der Waals surface area contributed by atoms with E-state index in [4.69, 9.17) is 10.5 Å². The van der Waals surface area contributed by atoms with Crippen LogP contribution in [0.2, 0.25) is 0 Å². The van der Waals surface area contributed by atoms with Gasteiger partial charge in [-0.05, 0) is 23.8 Å². The van der Waals surface area contributed by atoms with Gasteiger partial charge in [-0.15, -0.1) is 0 Å². The molecule has 18 heavy (non-hydrogen) atoms. The van der Waals surface area contributed by atoms with E-state index in [9.17, 15) is 8.78 Å². The second kappa shape index (κ2) is 4.65. The van der Waals surface area contributed by atoms with Crippen LogP contribution in [-0.4, -0.2) is 0 Å². The molecule has 2 aromatic rings. The zero-order valence-electron chi connectivity index (χ0n) is 9.11. The van der Waals surface area contributed by atoms with E-state index in [1.807, 2.05) is 6.07 Å². The van der Waals surface area contributed by atoms with Crippen LogP contribution < -0.4 is 0 Å². The molecule has 2 nitrogen and oxygen atoms in total. The highest BCUT2D eigenvalue weighted by Crippen LogP contribution is 2.27. The van der Waals surface area contributed by atoms with Crippen LogP contribution in [0.1, 0.15) is 11.1 Å². The molecule has 0 aromatic heterocycles. The van der Waals surface area contributed by atoms with Gasteiger partial charge in [0.2, 0.25) is 0 Å². The van der Waals surface area contributed by atoms with Gasteiger partial charge in [0.05, 0.1) is 5.56 Å². The summed E-state index contributed by atoms with van der Waals surface area (Å²) in [6.07, 6.45) is 0. The minimum absolute atomic E-state index is 0.0379. The van der Waals surface area contributed by atoms with Gasteiger partial charge < -0.3 is 0 Å². The normalized spacial score (nSPS) is 9.56. The fourth-order valence-electron chi connectivity index (χ4n) is 1.67. The second-order valence-corrected chi connectivity index (χ2v) is 3.58. The molecular weight excluding hydrogens is 234 g/mol. The van der Waals surface area contributed by atoms with Crippen molar-refractivity contribution in [2.24, 2.45) is 0 Å². The molecule has 0 saturated heterocycles. The first kappa shape index (κ1) is 11.8. The van der Waals surface area contributed by atoms with Gasteiger partial charge in [-0.1, -0.05) is 18.2 Å². The third-order valence-corrected chi connectivity index (χ3v) is 2.53. The summed E-state index contributed by atoms with van der Waals surface area (Å²) in [6, 6.07) is 11.4. The summed E-state index contributed by atoms with van der Waals surface area (Å²) in [5, 5.41) is 17.9. The Hall–Kier alpha value is -2.72. The predicted molar refractivity (Wildman–Crippen MR) is 61.2 cm³/mol. The van der Waals surface area contributed by atoms with Gasteiger partial charge in [-0.25, -0.2) is 8.78 Å². The van der Waals surface area contributed by atoms with E-state index in [1.165, 1.54) is 30.3 Å². The van der Waals surface area contributed by atoms with E-state index in [2.05, 4.69) is 0 Å². The number of halogens is 2. The molecule has 0 atom stereocenters. The number of rotatable bonds is 1. The van der Waals surface area contributed by atoms with E-state index < -0.39 is 11.6 Å². The van der Waals surface area contributed by atoms with Crippen LogP contribution in [0, 0.1) is 34.3 Å². The highest BCUT2D eigenvalue weighted by Gasteiger charge is 2.14. The maximum absolute atomic E-state index is 13.4. The molecule has 0 bridgehead atoms. The molecule has 0 amide bonds. The summed E-state index contributed by atoms with van der Waals surface area (Å²) in [4.78, 5) is 0. The zero-order valence-corrected chi connectivity index (χ0v) is 9.11. The first-order chi connectivity index (χ1) is 8.67. The maximum Gasteiger partial charge on any atom is 0.142 e. The largest absolute Gasteiger partial charge is 0.207 e. The van der Waals surface area contributed by atoms with Crippen molar-refractivity contribution >= 4 is 0 Å². The van der Waals surface area contributed by atoms with Crippen LogP contribution >= 0.6 is 0 Å². The van der Waals surface area contributed by atoms with Crippen LogP contribution in [0.25, 0.3) is 11.1 Å². The fourth-order valence-corrected chi connectivity index (χ4v) is 1.67. The Kier molecular flexibility index (Phi) is 3.03. The molecule has 0 aliphatic carbocycles. The van der Waals surface area contributed by atoms with Gasteiger partial charge >= 0.3 is 0 Å². The van der Waals surface area contributed by atoms with Crippen molar-refractivity contribution in [1.29, 1.82) is 10.5 Å². The minimum atomic E-state index is -0.736. The Bertz CT molecular complexity index is 677. The Balaban J connectivity index is 2.70. The van der Waals surface area contributed by atoms with Gasteiger partial charge in [0.1, 0.15) is 29.3 Å². The molecule has 0 spiro atoms. The van der Waals surface area contributed by atoms with Crippen molar-refractivity contribution in [3.8, 4) is 23.3 Å². The average Bonchev–Trinajstić information content (AvgIpc) is 2.39. The summed E-state index contributed by atoms with van der Waals surface area (Å²) in [6.45, 7) is 0. The molecule has 0 heterocycles. The van der Waals surface area contributed by atoms with Crippen LogP contribution in [-0.2, 0) is 0 Å². The molecule has 4 heteroatoms. The SMILES string of the molecule is N#Cc1c(F)ccc(-c2ccc(F)cc2)c1C#N. The molecule has 86 valence electrons. The number of benzene rings is 2. The van der Waals surface area contributed by atoms with Crippen molar-refractivity contribution in [3.63, 3.8) is 0 Å². The molecular formula is C14H6F2N2. The number of hydrogen-bond acceptors (Lipinski definition) is 2. The Morgan fingerprint density at radius 3 is 1.94 bits per heavy atom. The lowest BCUT2D eigenvalue weighted by atomic mass is 9.96. The minimum Gasteiger partial charge on any atom is -0.207 e. The molecule has 0 radical (unpaired) electrons. The maximum atomic E-state index is 13.4. The summed E-state index contributed by atoms with van der Waals surface area (Å²) in [5.74, 6) is -1.14. The van der Waals surface area contributed by atoms with E-state index >= 15 is 0 Å². The molecule has 0 fully saturated rings. The number of nitriles is 2. The van der Waals surface area contributed by atoms with E-state index in [-0.39, 0.29) is 11.1 Å². The lowest BCUT2D eigenvalue weighted by Crippen LogP contribution is -1.94. The quantitative estimate of drug-likeness (QED) is 0.767. The van der Waals surface area contributed by atoms with E-state index in [0.29, 0.717) is 11.1 Å². The zero-order chi connectivity index (χ0) is 13.1. The molecule has 0 N–H and O–H groups in total. The topological polar surface area (TPSA) is 47.6 Å². The molecule has 0 saturated carbocycles. The summed E-state index contributed by atoms with van der Waals surface area (Å²) < 4.78 is 26.2. The van der Waals surface area contributed by atoms with Gasteiger partial charge in [-0.3, -0.25) is 0 Å². The summed E-state index contributed by atoms with van der Waals surface area (Å²) >= 11 is 0. The third-order valence-electron chi connectivity index (χ3n) is 2.53. The highest BCUT2D eigenvalue weighted by atomic mass is 19.1. The smallest absolute Gasteiger partial charge is 0.142 e. The van der Waals surface area contributed by atoms with Crippen molar-refractivity contribution in [2.75, 3.05) is 0 Å². The van der Waals surface area contributed by atoms with Crippen LogP contribution in [0.4, 0.5) is 8.78 Å². The lowest BCUT2D eigenvalue weighted by Gasteiger charge is -2.06.